The summed E-state index contributed by atoms with van der Waals surface area (Å²) in [6.45, 7) is 2.03. The summed E-state index contributed by atoms with van der Waals surface area (Å²) in [5.41, 5.74) is 9.42. The zero-order chi connectivity index (χ0) is 26.9. The van der Waals surface area contributed by atoms with E-state index in [4.69, 9.17) is 30.3 Å². The molecule has 1 saturated heterocycles. The number of para-hydroxylation sites is 1. The fraction of sp³-hybridized carbons (Fsp3) is 0.429. The molecule has 198 valence electrons. The van der Waals surface area contributed by atoms with Gasteiger partial charge in [0.2, 0.25) is 5.95 Å². The van der Waals surface area contributed by atoms with Crippen LogP contribution in [-0.2, 0) is 23.4 Å². The smallest absolute Gasteiger partial charge is 0.468 e. The number of methoxy groups -OCH3 is 1. The Bertz CT molecular complexity index is 1290. The molecule has 1 fully saturated rings. The highest BCUT2D eigenvalue weighted by Crippen LogP contribution is 2.44. The fourth-order valence-electron chi connectivity index (χ4n) is 3.78. The summed E-state index contributed by atoms with van der Waals surface area (Å²) in [5, 5.41) is 10.7. The minimum absolute atomic E-state index is 0.00419. The molecular formula is C21H26FN7O7P+. The molecule has 1 aliphatic heterocycles. The number of alkyl halides is 1. The van der Waals surface area contributed by atoms with Gasteiger partial charge in [-0.2, -0.15) is 9.97 Å². The van der Waals surface area contributed by atoms with Gasteiger partial charge in [0, 0.05) is 0 Å². The summed E-state index contributed by atoms with van der Waals surface area (Å²) in [5.74, 6) is -0.605. The standard InChI is InChI=1S/C21H26FN7O7P/c1-11(18(31)33-3)29(36-12-7-5-4-6-8-12)37(32)34-9-13-15(30)21(2,22)19(35-13)28-10-25-14-16(23)26-20(24)27-17(14)28/h4-8,10-11,13,15,19,30H,9H2,1-3H3,(H4,23,24,26,27)/q+1/t11?,13-,15-,19-,21-/m1/s1. The number of aliphatic hydroxyl groups is 1. The van der Waals surface area contributed by atoms with Gasteiger partial charge in [-0.25, -0.2) is 9.37 Å². The van der Waals surface area contributed by atoms with Gasteiger partial charge in [0.25, 0.3) is 0 Å². The number of hydrogen-bond donors (Lipinski definition) is 3. The van der Waals surface area contributed by atoms with Crippen molar-refractivity contribution in [2.75, 3.05) is 25.2 Å². The van der Waals surface area contributed by atoms with Crippen molar-refractivity contribution in [2.24, 2.45) is 0 Å². The van der Waals surface area contributed by atoms with E-state index < -0.39 is 50.9 Å². The van der Waals surface area contributed by atoms with Gasteiger partial charge in [0.15, 0.2) is 35.2 Å². The monoisotopic (exact) mass is 538 g/mol. The molecule has 5 N–H and O–H groups in total. The highest BCUT2D eigenvalue weighted by Gasteiger charge is 2.56. The lowest BCUT2D eigenvalue weighted by Crippen LogP contribution is -2.41. The summed E-state index contributed by atoms with van der Waals surface area (Å²) in [6.07, 6.45) is -3.13. The minimum Gasteiger partial charge on any atom is -0.468 e. The lowest BCUT2D eigenvalue weighted by atomic mass is 9.98. The molecule has 0 amide bonds. The van der Waals surface area contributed by atoms with E-state index in [2.05, 4.69) is 15.0 Å². The van der Waals surface area contributed by atoms with E-state index in [0.717, 1.165) is 11.8 Å². The van der Waals surface area contributed by atoms with Crippen LogP contribution in [0.4, 0.5) is 16.2 Å². The number of aromatic nitrogens is 4. The molecule has 2 aromatic heterocycles. The Labute approximate surface area is 211 Å². The number of carbonyl (C=O) groups excluding carboxylic acids is 1. The number of nitrogen functional groups attached to an aromatic ring is 2. The number of ether oxygens (including phenoxy) is 2. The Morgan fingerprint density at radius 3 is 2.73 bits per heavy atom. The second kappa shape index (κ2) is 10.5. The van der Waals surface area contributed by atoms with E-state index in [0.29, 0.717) is 0 Å². The van der Waals surface area contributed by atoms with Crippen molar-refractivity contribution in [1.82, 2.24) is 24.4 Å². The van der Waals surface area contributed by atoms with Crippen molar-refractivity contribution in [2.45, 2.75) is 44.0 Å². The number of imidazole rings is 1. The van der Waals surface area contributed by atoms with Crippen molar-refractivity contribution >= 4 is 37.1 Å². The van der Waals surface area contributed by atoms with Gasteiger partial charge < -0.3 is 30.9 Å². The van der Waals surface area contributed by atoms with E-state index in [9.17, 15) is 14.5 Å². The van der Waals surface area contributed by atoms with E-state index in [1.54, 1.807) is 30.3 Å². The Morgan fingerprint density at radius 1 is 1.35 bits per heavy atom. The summed E-state index contributed by atoms with van der Waals surface area (Å²) in [6, 6.07) is 7.15. The molecule has 1 aromatic carbocycles. The second-order valence-electron chi connectivity index (χ2n) is 8.35. The van der Waals surface area contributed by atoms with Crippen LogP contribution in [0.5, 0.6) is 5.75 Å². The number of nitrogens with two attached hydrogens (primary N) is 2. The van der Waals surface area contributed by atoms with E-state index in [1.807, 2.05) is 0 Å². The van der Waals surface area contributed by atoms with E-state index >= 15 is 4.39 Å². The average molecular weight is 538 g/mol. The third kappa shape index (κ3) is 5.17. The van der Waals surface area contributed by atoms with Crippen LogP contribution in [0.2, 0.25) is 0 Å². The van der Waals surface area contributed by atoms with Crippen LogP contribution in [0.3, 0.4) is 0 Å². The van der Waals surface area contributed by atoms with Gasteiger partial charge in [-0.3, -0.25) is 9.36 Å². The Balaban J connectivity index is 1.51. The molecule has 0 bridgehead atoms. The molecule has 14 nitrogen and oxygen atoms in total. The fourth-order valence-corrected chi connectivity index (χ4v) is 4.70. The average Bonchev–Trinajstić information content (AvgIpc) is 3.38. The number of benzene rings is 1. The molecule has 4 rings (SSSR count). The van der Waals surface area contributed by atoms with E-state index in [-0.39, 0.29) is 28.7 Å². The van der Waals surface area contributed by atoms with Crippen LogP contribution < -0.4 is 16.3 Å². The third-order valence-corrected chi connectivity index (χ3v) is 6.88. The topological polar surface area (TPSA) is 190 Å². The number of rotatable bonds is 9. The number of esters is 1. The molecule has 3 heterocycles. The lowest BCUT2D eigenvalue weighted by Gasteiger charge is -2.24. The summed E-state index contributed by atoms with van der Waals surface area (Å²) >= 11 is 0. The van der Waals surface area contributed by atoms with Gasteiger partial charge >= 0.3 is 14.1 Å². The van der Waals surface area contributed by atoms with Crippen molar-refractivity contribution in [3.8, 4) is 5.75 Å². The molecule has 0 spiro atoms. The number of carbonyl (C=O) groups is 1. The maximum absolute atomic E-state index is 15.7. The van der Waals surface area contributed by atoms with Crippen LogP contribution in [0.25, 0.3) is 11.2 Å². The molecule has 0 radical (unpaired) electrons. The van der Waals surface area contributed by atoms with Crippen LogP contribution in [0, 0.1) is 0 Å². The first kappa shape index (κ1) is 26.6. The molecule has 16 heteroatoms. The predicted molar refractivity (Wildman–Crippen MR) is 128 cm³/mol. The Hall–Kier alpha value is -3.49. The van der Waals surface area contributed by atoms with Crippen molar-refractivity contribution in [3.63, 3.8) is 0 Å². The van der Waals surface area contributed by atoms with Crippen LogP contribution in [-0.4, -0.2) is 73.1 Å². The molecule has 0 aliphatic carbocycles. The number of fused-ring (bicyclic) bond motifs is 1. The minimum atomic E-state index is -2.83. The number of hydroxylamine groups is 1. The normalized spacial score (nSPS) is 24.8. The van der Waals surface area contributed by atoms with Crippen LogP contribution in [0.1, 0.15) is 20.1 Å². The molecule has 1 aliphatic rings. The van der Waals surface area contributed by atoms with Crippen molar-refractivity contribution in [1.29, 1.82) is 0 Å². The number of nitrogens with zero attached hydrogens (tertiary/aromatic N) is 5. The maximum atomic E-state index is 15.7. The second-order valence-corrected chi connectivity index (χ2v) is 9.48. The lowest BCUT2D eigenvalue weighted by molar-refractivity contribution is -0.152. The zero-order valence-corrected chi connectivity index (χ0v) is 21.0. The van der Waals surface area contributed by atoms with Crippen molar-refractivity contribution in [3.05, 3.63) is 36.7 Å². The van der Waals surface area contributed by atoms with Gasteiger partial charge in [-0.05, 0) is 30.5 Å². The molecule has 6 atom stereocenters. The molecule has 37 heavy (non-hydrogen) atoms. The third-order valence-electron chi connectivity index (χ3n) is 5.76. The Morgan fingerprint density at radius 2 is 2.05 bits per heavy atom. The summed E-state index contributed by atoms with van der Waals surface area (Å²) in [7, 11) is -1.66. The van der Waals surface area contributed by atoms with Crippen molar-refractivity contribution < 1.29 is 37.7 Å². The first-order valence-electron chi connectivity index (χ1n) is 11.0. The predicted octanol–water partition coefficient (Wildman–Crippen LogP) is 1.51. The van der Waals surface area contributed by atoms with Gasteiger partial charge in [0.05, 0.1) is 13.4 Å². The highest BCUT2D eigenvalue weighted by atomic mass is 31.1. The highest BCUT2D eigenvalue weighted by molar-refractivity contribution is 7.36. The Kier molecular flexibility index (Phi) is 7.52. The summed E-state index contributed by atoms with van der Waals surface area (Å²) in [4.78, 5) is 30.5. The van der Waals surface area contributed by atoms with Crippen LogP contribution >= 0.6 is 8.18 Å². The van der Waals surface area contributed by atoms with Gasteiger partial charge in [-0.1, -0.05) is 18.2 Å². The zero-order valence-electron chi connectivity index (χ0n) is 20.1. The largest absolute Gasteiger partial charge is 0.653 e. The number of anilines is 2. The number of aliphatic hydroxyl groups excluding tert-OH is 1. The molecule has 3 aromatic rings. The number of halogens is 1. The first-order chi connectivity index (χ1) is 17.5. The maximum Gasteiger partial charge on any atom is 0.653 e. The molecule has 0 saturated carbocycles. The quantitative estimate of drug-likeness (QED) is 0.202. The first-order valence-corrected chi connectivity index (χ1v) is 12.2. The SMILES string of the molecule is COC(=O)C(C)N(Oc1ccccc1)[P+](=O)OC[C@H]1O[C@@H](n2cnc3c(N)nc(N)nc32)[C@](C)(F)[C@@H]1O. The van der Waals surface area contributed by atoms with Crippen LogP contribution in [0.15, 0.2) is 36.7 Å². The summed E-state index contributed by atoms with van der Waals surface area (Å²) < 4.78 is 45.8. The van der Waals surface area contributed by atoms with Gasteiger partial charge in [-0.15, -0.1) is 4.52 Å². The number of hydrogen-bond acceptors (Lipinski definition) is 12. The molecule has 2 unspecified atom stereocenters. The molecular weight excluding hydrogens is 512 g/mol. The van der Waals surface area contributed by atoms with E-state index in [1.165, 1.54) is 24.9 Å². The van der Waals surface area contributed by atoms with Gasteiger partial charge in [0.1, 0.15) is 29.2 Å².